The van der Waals surface area contributed by atoms with E-state index >= 15 is 0 Å². The van der Waals surface area contributed by atoms with Crippen molar-refractivity contribution in [1.82, 2.24) is 15.2 Å². The van der Waals surface area contributed by atoms with Gasteiger partial charge in [-0.1, -0.05) is 24.3 Å². The summed E-state index contributed by atoms with van der Waals surface area (Å²) in [5, 5.41) is 12.2. The maximum atomic E-state index is 12.6. The quantitative estimate of drug-likeness (QED) is 0.554. The van der Waals surface area contributed by atoms with Gasteiger partial charge in [0, 0.05) is 16.2 Å². The van der Waals surface area contributed by atoms with Crippen LogP contribution in [0.4, 0.5) is 5.69 Å². The van der Waals surface area contributed by atoms with Crippen molar-refractivity contribution in [2.75, 3.05) is 5.32 Å². The summed E-state index contributed by atoms with van der Waals surface area (Å²) in [5.74, 6) is 1.40. The molecule has 3 heterocycles. The van der Waals surface area contributed by atoms with Gasteiger partial charge in [0.15, 0.2) is 0 Å². The van der Waals surface area contributed by atoms with E-state index in [1.54, 1.807) is 6.07 Å². The number of benzene rings is 1. The largest absolute Gasteiger partial charge is 0.420 e. The summed E-state index contributed by atoms with van der Waals surface area (Å²) in [6.45, 7) is 1.95. The lowest BCUT2D eigenvalue weighted by Gasteiger charge is -2.05. The SMILES string of the molecule is Cc1sc(-c2nnc(C3CC3)o2)cc1NC(=O)c1ccc2ccccc2n1. The van der Waals surface area contributed by atoms with Gasteiger partial charge in [-0.3, -0.25) is 4.79 Å². The number of nitrogens with one attached hydrogen (secondary N) is 1. The van der Waals surface area contributed by atoms with Crippen molar-refractivity contribution in [3.63, 3.8) is 0 Å². The van der Waals surface area contributed by atoms with Crippen molar-refractivity contribution in [1.29, 1.82) is 0 Å². The Morgan fingerprint density at radius 3 is 2.89 bits per heavy atom. The Balaban J connectivity index is 1.39. The van der Waals surface area contributed by atoms with Crippen LogP contribution >= 0.6 is 11.3 Å². The number of hydrogen-bond acceptors (Lipinski definition) is 6. The minimum absolute atomic E-state index is 0.239. The van der Waals surface area contributed by atoms with E-state index in [1.165, 1.54) is 11.3 Å². The van der Waals surface area contributed by atoms with E-state index in [2.05, 4.69) is 20.5 Å². The zero-order valence-electron chi connectivity index (χ0n) is 14.6. The first-order chi connectivity index (χ1) is 13.2. The number of aryl methyl sites for hydroxylation is 1. The lowest BCUT2D eigenvalue weighted by molar-refractivity contribution is 0.102. The van der Waals surface area contributed by atoms with Crippen LogP contribution in [0.15, 0.2) is 46.9 Å². The van der Waals surface area contributed by atoms with Gasteiger partial charge in [-0.25, -0.2) is 4.98 Å². The Hall–Kier alpha value is -3.06. The fraction of sp³-hybridized carbons (Fsp3) is 0.200. The molecule has 0 atom stereocenters. The highest BCUT2D eigenvalue weighted by molar-refractivity contribution is 7.15. The Labute approximate surface area is 159 Å². The predicted molar refractivity (Wildman–Crippen MR) is 104 cm³/mol. The summed E-state index contributed by atoms with van der Waals surface area (Å²) in [5.41, 5.74) is 1.92. The van der Waals surface area contributed by atoms with Gasteiger partial charge in [0.1, 0.15) is 5.69 Å². The zero-order chi connectivity index (χ0) is 18.4. The first kappa shape index (κ1) is 16.1. The molecule has 134 valence electrons. The molecule has 1 N–H and O–H groups in total. The van der Waals surface area contributed by atoms with E-state index in [9.17, 15) is 4.79 Å². The van der Waals surface area contributed by atoms with Crippen LogP contribution in [-0.2, 0) is 0 Å². The van der Waals surface area contributed by atoms with Gasteiger partial charge in [-0.2, -0.15) is 0 Å². The molecule has 5 rings (SSSR count). The Morgan fingerprint density at radius 1 is 1.19 bits per heavy atom. The minimum atomic E-state index is -0.239. The summed E-state index contributed by atoms with van der Waals surface area (Å²) in [4.78, 5) is 18.9. The van der Waals surface area contributed by atoms with Gasteiger partial charge < -0.3 is 9.73 Å². The fourth-order valence-electron chi connectivity index (χ4n) is 2.92. The van der Waals surface area contributed by atoms with Gasteiger partial charge in [0.2, 0.25) is 5.89 Å². The third kappa shape index (κ3) is 3.10. The standard InChI is InChI=1S/C20H16N4O2S/c1-11-16(10-17(27-11)20-24-23-19(26-20)13-6-7-13)22-18(25)15-9-8-12-4-2-3-5-14(12)21-15/h2-5,8-10,13H,6-7H2,1H3,(H,22,25). The van der Waals surface area contributed by atoms with Crippen LogP contribution in [0.2, 0.25) is 0 Å². The summed E-state index contributed by atoms with van der Waals surface area (Å²) < 4.78 is 5.76. The number of amides is 1. The molecule has 1 aliphatic rings. The van der Waals surface area contributed by atoms with Crippen LogP contribution in [0.1, 0.15) is 40.0 Å². The topological polar surface area (TPSA) is 80.9 Å². The number of para-hydroxylation sites is 1. The summed E-state index contributed by atoms with van der Waals surface area (Å²) in [6.07, 6.45) is 2.23. The molecule has 0 radical (unpaired) electrons. The smallest absolute Gasteiger partial charge is 0.274 e. The molecular formula is C20H16N4O2S. The summed E-state index contributed by atoms with van der Waals surface area (Å²) >= 11 is 1.52. The molecule has 0 unspecified atom stereocenters. The molecule has 1 aliphatic carbocycles. The predicted octanol–water partition coefficient (Wildman–Crippen LogP) is 4.78. The molecule has 0 aliphatic heterocycles. The molecule has 1 fully saturated rings. The van der Waals surface area contributed by atoms with E-state index in [1.807, 2.05) is 43.3 Å². The lowest BCUT2D eigenvalue weighted by Crippen LogP contribution is -2.13. The molecule has 1 amide bonds. The maximum absolute atomic E-state index is 12.6. The van der Waals surface area contributed by atoms with Crippen molar-refractivity contribution in [2.24, 2.45) is 0 Å². The van der Waals surface area contributed by atoms with E-state index in [0.717, 1.165) is 39.2 Å². The van der Waals surface area contributed by atoms with Gasteiger partial charge >= 0.3 is 0 Å². The van der Waals surface area contributed by atoms with Crippen LogP contribution < -0.4 is 5.32 Å². The molecule has 0 spiro atoms. The van der Waals surface area contributed by atoms with Crippen LogP contribution in [0.3, 0.4) is 0 Å². The van der Waals surface area contributed by atoms with Crippen molar-refractivity contribution < 1.29 is 9.21 Å². The number of aromatic nitrogens is 3. The zero-order valence-corrected chi connectivity index (χ0v) is 15.4. The first-order valence-electron chi connectivity index (χ1n) is 8.79. The highest BCUT2D eigenvalue weighted by atomic mass is 32.1. The highest BCUT2D eigenvalue weighted by Gasteiger charge is 2.30. The van der Waals surface area contributed by atoms with Crippen LogP contribution in [0, 0.1) is 6.92 Å². The Bertz CT molecular complexity index is 1160. The number of hydrogen-bond donors (Lipinski definition) is 1. The van der Waals surface area contributed by atoms with Crippen molar-refractivity contribution >= 4 is 33.8 Å². The number of pyridine rings is 1. The Morgan fingerprint density at radius 2 is 2.04 bits per heavy atom. The Kier molecular flexibility index (Phi) is 3.75. The number of carbonyl (C=O) groups is 1. The van der Waals surface area contributed by atoms with Crippen molar-refractivity contribution in [3.8, 4) is 10.8 Å². The third-order valence-corrected chi connectivity index (χ3v) is 5.61. The van der Waals surface area contributed by atoms with Crippen LogP contribution in [0.25, 0.3) is 21.7 Å². The molecule has 3 aromatic heterocycles. The van der Waals surface area contributed by atoms with Gasteiger partial charge in [-0.15, -0.1) is 21.5 Å². The van der Waals surface area contributed by atoms with E-state index in [4.69, 9.17) is 4.42 Å². The average Bonchev–Trinajstić information content (AvgIpc) is 3.31. The molecule has 7 heteroatoms. The number of thiophene rings is 1. The molecule has 0 saturated heterocycles. The lowest BCUT2D eigenvalue weighted by atomic mass is 10.2. The minimum Gasteiger partial charge on any atom is -0.420 e. The summed E-state index contributed by atoms with van der Waals surface area (Å²) in [7, 11) is 0. The number of fused-ring (bicyclic) bond motifs is 1. The molecule has 4 aromatic rings. The van der Waals surface area contributed by atoms with Crippen molar-refractivity contribution in [3.05, 3.63) is 58.9 Å². The maximum Gasteiger partial charge on any atom is 0.274 e. The highest BCUT2D eigenvalue weighted by Crippen LogP contribution is 2.41. The van der Waals surface area contributed by atoms with Gasteiger partial charge in [0.25, 0.3) is 11.8 Å². The second kappa shape index (κ2) is 6.28. The molecule has 0 bridgehead atoms. The third-order valence-electron chi connectivity index (χ3n) is 4.58. The van der Waals surface area contributed by atoms with E-state index in [0.29, 0.717) is 23.4 Å². The van der Waals surface area contributed by atoms with Crippen molar-refractivity contribution in [2.45, 2.75) is 25.7 Å². The first-order valence-corrected chi connectivity index (χ1v) is 9.60. The van der Waals surface area contributed by atoms with E-state index in [-0.39, 0.29) is 5.91 Å². The number of nitrogens with zero attached hydrogens (tertiary/aromatic N) is 3. The van der Waals surface area contributed by atoms with Crippen LogP contribution in [0.5, 0.6) is 0 Å². The second-order valence-electron chi connectivity index (χ2n) is 6.64. The second-order valence-corrected chi connectivity index (χ2v) is 7.90. The number of anilines is 1. The average molecular weight is 376 g/mol. The molecule has 6 nitrogen and oxygen atoms in total. The van der Waals surface area contributed by atoms with E-state index < -0.39 is 0 Å². The van der Waals surface area contributed by atoms with Gasteiger partial charge in [-0.05, 0) is 38.0 Å². The van der Waals surface area contributed by atoms with Gasteiger partial charge in [0.05, 0.1) is 16.1 Å². The molecular weight excluding hydrogens is 360 g/mol. The molecule has 1 aromatic carbocycles. The van der Waals surface area contributed by atoms with Crippen LogP contribution in [-0.4, -0.2) is 21.1 Å². The molecule has 1 saturated carbocycles. The normalized spacial score (nSPS) is 13.8. The summed E-state index contributed by atoms with van der Waals surface area (Å²) in [6, 6.07) is 13.2. The molecule has 27 heavy (non-hydrogen) atoms. The monoisotopic (exact) mass is 376 g/mol. The number of carbonyl (C=O) groups excluding carboxylic acids is 1. The fourth-order valence-corrected chi connectivity index (χ4v) is 3.82. The number of rotatable bonds is 4.